The molecule has 4 nitrogen and oxygen atoms in total. The largest absolute Gasteiger partial charge is 0.295 e. The molecule has 148 valence electrons. The van der Waals surface area contributed by atoms with Crippen molar-refractivity contribution in [1.29, 1.82) is 0 Å². The van der Waals surface area contributed by atoms with Crippen molar-refractivity contribution in [3.05, 3.63) is 77.6 Å². The Hall–Kier alpha value is -3.08. The van der Waals surface area contributed by atoms with Gasteiger partial charge >= 0.3 is 0 Å². The third-order valence-corrected chi connectivity index (χ3v) is 6.08. The lowest BCUT2D eigenvalue weighted by Gasteiger charge is -2.44. The van der Waals surface area contributed by atoms with Crippen molar-refractivity contribution in [3.63, 3.8) is 0 Å². The minimum absolute atomic E-state index is 0.0606. The fraction of sp³-hybridized carbons (Fsp3) is 0.292. The van der Waals surface area contributed by atoms with Gasteiger partial charge in [0.25, 0.3) is 0 Å². The highest BCUT2D eigenvalue weighted by Crippen LogP contribution is 2.50. The molecular weight excluding hydrogens is 369 g/mol. The van der Waals surface area contributed by atoms with Crippen LogP contribution in [0.3, 0.4) is 0 Å². The number of amides is 2. The summed E-state index contributed by atoms with van der Waals surface area (Å²) in [4.78, 5) is 39.9. The molecule has 29 heavy (non-hydrogen) atoms. The quantitative estimate of drug-likeness (QED) is 0.721. The van der Waals surface area contributed by atoms with Crippen LogP contribution in [0.15, 0.2) is 66.2 Å². The van der Waals surface area contributed by atoms with E-state index >= 15 is 0 Å². The lowest BCUT2D eigenvalue weighted by Crippen LogP contribution is -2.54. The van der Waals surface area contributed by atoms with E-state index in [2.05, 4.69) is 0 Å². The lowest BCUT2D eigenvalue weighted by atomic mass is 9.63. The summed E-state index contributed by atoms with van der Waals surface area (Å²) in [5.41, 5.74) is 0.936. The first-order valence-corrected chi connectivity index (χ1v) is 9.83. The van der Waals surface area contributed by atoms with E-state index in [-0.39, 0.29) is 29.9 Å². The number of Topliss-reactive ketones (excluding diaryl/α,β-unsaturated/α-hetero) is 1. The number of hydrogen-bond donors (Lipinski definition) is 0. The van der Waals surface area contributed by atoms with Crippen molar-refractivity contribution in [3.8, 4) is 0 Å². The van der Waals surface area contributed by atoms with Gasteiger partial charge in [0, 0.05) is 17.9 Å². The summed E-state index contributed by atoms with van der Waals surface area (Å²) in [6.07, 6.45) is 3.64. The molecule has 0 saturated carbocycles. The van der Waals surface area contributed by atoms with Gasteiger partial charge in [-0.05, 0) is 56.0 Å². The Labute approximate surface area is 169 Å². The van der Waals surface area contributed by atoms with Crippen LogP contribution in [0.25, 0.3) is 0 Å². The fourth-order valence-electron chi connectivity index (χ4n) is 4.60. The van der Waals surface area contributed by atoms with Crippen molar-refractivity contribution < 1.29 is 18.8 Å². The van der Waals surface area contributed by atoms with Gasteiger partial charge in [-0.25, -0.2) is 9.29 Å². The maximum atomic E-state index is 13.6. The molecule has 1 saturated heterocycles. The summed E-state index contributed by atoms with van der Waals surface area (Å²) >= 11 is 0. The smallest absolute Gasteiger partial charge is 0.244 e. The zero-order valence-corrected chi connectivity index (χ0v) is 16.2. The number of ketones is 1. The van der Waals surface area contributed by atoms with Crippen molar-refractivity contribution in [2.24, 2.45) is 5.41 Å². The molecular formula is C24H22FNO3. The van der Waals surface area contributed by atoms with E-state index in [1.54, 1.807) is 0 Å². The van der Waals surface area contributed by atoms with Crippen LogP contribution in [-0.2, 0) is 14.4 Å². The van der Waals surface area contributed by atoms with Gasteiger partial charge in [0.05, 0.1) is 11.1 Å². The van der Waals surface area contributed by atoms with Gasteiger partial charge in [-0.2, -0.15) is 0 Å². The highest BCUT2D eigenvalue weighted by atomic mass is 19.1. The van der Waals surface area contributed by atoms with Crippen LogP contribution in [0, 0.1) is 11.2 Å². The minimum atomic E-state index is -1.00. The molecule has 2 unspecified atom stereocenters. The summed E-state index contributed by atoms with van der Waals surface area (Å²) in [5.74, 6) is -1.22. The van der Waals surface area contributed by atoms with E-state index in [0.717, 1.165) is 16.9 Å². The molecule has 1 aliphatic carbocycles. The Bertz CT molecular complexity index is 997. The Morgan fingerprint density at radius 2 is 1.72 bits per heavy atom. The van der Waals surface area contributed by atoms with E-state index in [9.17, 15) is 18.8 Å². The Morgan fingerprint density at radius 3 is 2.38 bits per heavy atom. The summed E-state index contributed by atoms with van der Waals surface area (Å²) in [5, 5.41) is 0. The number of anilines is 1. The van der Waals surface area contributed by atoms with Crippen molar-refractivity contribution in [2.75, 3.05) is 4.90 Å². The van der Waals surface area contributed by atoms with Crippen LogP contribution in [-0.4, -0.2) is 17.6 Å². The Balaban J connectivity index is 1.75. The van der Waals surface area contributed by atoms with E-state index in [1.165, 1.54) is 31.2 Å². The maximum absolute atomic E-state index is 13.6. The number of benzene rings is 2. The summed E-state index contributed by atoms with van der Waals surface area (Å²) in [7, 11) is 0. The number of nitrogens with zero attached hydrogens (tertiary/aromatic N) is 1. The molecule has 2 aromatic rings. The monoisotopic (exact) mass is 391 g/mol. The van der Waals surface area contributed by atoms with Gasteiger partial charge in [-0.15, -0.1) is 0 Å². The zero-order valence-electron chi connectivity index (χ0n) is 16.2. The van der Waals surface area contributed by atoms with Gasteiger partial charge in [0.2, 0.25) is 11.8 Å². The molecule has 1 fully saturated rings. The topological polar surface area (TPSA) is 54.5 Å². The van der Waals surface area contributed by atoms with Gasteiger partial charge in [0.1, 0.15) is 5.82 Å². The van der Waals surface area contributed by atoms with Gasteiger partial charge in [-0.1, -0.05) is 36.4 Å². The molecule has 4 rings (SSSR count). The minimum Gasteiger partial charge on any atom is -0.295 e. The average molecular weight is 391 g/mol. The molecule has 2 atom stereocenters. The zero-order chi connectivity index (χ0) is 20.6. The van der Waals surface area contributed by atoms with Crippen LogP contribution < -0.4 is 4.90 Å². The highest BCUT2D eigenvalue weighted by Gasteiger charge is 2.52. The van der Waals surface area contributed by atoms with Gasteiger partial charge in [0.15, 0.2) is 5.78 Å². The first kappa shape index (κ1) is 19.2. The van der Waals surface area contributed by atoms with E-state index in [0.29, 0.717) is 24.1 Å². The van der Waals surface area contributed by atoms with Crippen molar-refractivity contribution >= 4 is 23.3 Å². The average Bonchev–Trinajstić information content (AvgIpc) is 2.73. The van der Waals surface area contributed by atoms with E-state index < -0.39 is 11.2 Å². The first-order chi connectivity index (χ1) is 13.9. The van der Waals surface area contributed by atoms with Crippen LogP contribution in [0.2, 0.25) is 0 Å². The molecule has 2 aliphatic rings. The summed E-state index contributed by atoms with van der Waals surface area (Å²) < 4.78 is 13.3. The van der Waals surface area contributed by atoms with Crippen LogP contribution >= 0.6 is 0 Å². The Morgan fingerprint density at radius 1 is 1.03 bits per heavy atom. The number of carbonyl (C=O) groups excluding carboxylic acids is 3. The van der Waals surface area contributed by atoms with Crippen LogP contribution in [0.4, 0.5) is 10.1 Å². The van der Waals surface area contributed by atoms with E-state index in [1.807, 2.05) is 36.4 Å². The number of imide groups is 1. The highest BCUT2D eigenvalue weighted by molar-refractivity contribution is 6.21. The van der Waals surface area contributed by atoms with Crippen molar-refractivity contribution in [2.45, 2.75) is 38.5 Å². The molecule has 2 amide bonds. The second-order valence-electron chi connectivity index (χ2n) is 7.79. The standard InChI is InChI=1S/C24H22FNO3/c1-16(27)21-15-18(17-5-3-2-4-6-17)11-13-24(21)14-12-22(28)26(23(24)29)20-9-7-19(25)8-10-20/h2-10,15,18H,11-14H2,1H3. The number of allylic oxidation sites excluding steroid dienone is 1. The number of carbonyl (C=O) groups is 3. The third kappa shape index (κ3) is 3.31. The van der Waals surface area contributed by atoms with E-state index in [4.69, 9.17) is 0 Å². The normalized spacial score (nSPS) is 24.6. The predicted octanol–water partition coefficient (Wildman–Crippen LogP) is 4.56. The molecule has 0 N–H and O–H groups in total. The van der Waals surface area contributed by atoms with Gasteiger partial charge in [-0.3, -0.25) is 14.4 Å². The summed E-state index contributed by atoms with van der Waals surface area (Å²) in [6, 6.07) is 15.2. The molecule has 0 bridgehead atoms. The molecule has 5 heteroatoms. The first-order valence-electron chi connectivity index (χ1n) is 9.83. The summed E-state index contributed by atoms with van der Waals surface area (Å²) in [6.45, 7) is 1.48. The molecule has 1 aliphatic heterocycles. The lowest BCUT2D eigenvalue weighted by molar-refractivity contribution is -0.138. The molecule has 0 radical (unpaired) electrons. The number of rotatable bonds is 3. The molecule has 1 heterocycles. The second-order valence-corrected chi connectivity index (χ2v) is 7.79. The number of halogens is 1. The van der Waals surface area contributed by atoms with Gasteiger partial charge < -0.3 is 0 Å². The third-order valence-electron chi connectivity index (χ3n) is 6.08. The maximum Gasteiger partial charge on any atom is 0.244 e. The molecule has 0 aromatic heterocycles. The SMILES string of the molecule is CC(=O)C1=CC(c2ccccc2)CCC12CCC(=O)N(c1ccc(F)cc1)C2=O. The fourth-order valence-corrected chi connectivity index (χ4v) is 4.60. The predicted molar refractivity (Wildman–Crippen MR) is 108 cm³/mol. The van der Waals surface area contributed by atoms with Crippen LogP contribution in [0.5, 0.6) is 0 Å². The van der Waals surface area contributed by atoms with Crippen molar-refractivity contribution in [1.82, 2.24) is 0 Å². The number of hydrogen-bond acceptors (Lipinski definition) is 3. The Kier molecular flexibility index (Phi) is 4.91. The number of piperidine rings is 1. The van der Waals surface area contributed by atoms with Crippen LogP contribution in [0.1, 0.15) is 44.1 Å². The molecule has 2 aromatic carbocycles. The second kappa shape index (κ2) is 7.39. The molecule has 1 spiro atoms.